The third-order valence-corrected chi connectivity index (χ3v) is 8.48. The Bertz CT molecular complexity index is 2000. The number of hydrogen-bond donors (Lipinski definition) is 0. The largest absolute Gasteiger partial charge is 0.228 e. The molecular formula is C44H34N2. The maximum atomic E-state index is 5.09. The number of hydrogen-bond acceptors (Lipinski definition) is 2. The van der Waals surface area contributed by atoms with Gasteiger partial charge in [0, 0.05) is 16.7 Å². The van der Waals surface area contributed by atoms with E-state index in [-0.39, 0.29) is 0 Å². The molecule has 1 heterocycles. The molecule has 0 atom stereocenters. The van der Waals surface area contributed by atoms with Crippen molar-refractivity contribution in [1.29, 1.82) is 0 Å². The maximum Gasteiger partial charge on any atom is 0.160 e. The van der Waals surface area contributed by atoms with Gasteiger partial charge in [0.05, 0.1) is 11.4 Å². The van der Waals surface area contributed by atoms with Gasteiger partial charge >= 0.3 is 0 Å². The van der Waals surface area contributed by atoms with Gasteiger partial charge in [0.2, 0.25) is 0 Å². The van der Waals surface area contributed by atoms with Crippen molar-refractivity contribution in [3.05, 3.63) is 175 Å². The van der Waals surface area contributed by atoms with Gasteiger partial charge in [0.1, 0.15) is 0 Å². The average molecular weight is 591 g/mol. The van der Waals surface area contributed by atoms with Crippen molar-refractivity contribution in [3.63, 3.8) is 0 Å². The molecule has 0 bridgehead atoms. The molecule has 0 aliphatic rings. The van der Waals surface area contributed by atoms with Crippen LogP contribution in [0.1, 0.15) is 16.7 Å². The summed E-state index contributed by atoms with van der Waals surface area (Å²) in [6, 6.07) is 53.6. The van der Waals surface area contributed by atoms with Gasteiger partial charge in [0.15, 0.2) is 5.82 Å². The van der Waals surface area contributed by atoms with Crippen LogP contribution in [0.15, 0.2) is 158 Å². The molecule has 1 aromatic heterocycles. The molecule has 7 aromatic rings. The second-order valence-corrected chi connectivity index (χ2v) is 11.8. The molecule has 220 valence electrons. The molecule has 0 radical (unpaired) electrons. The van der Waals surface area contributed by atoms with E-state index in [1.165, 1.54) is 33.4 Å². The molecule has 0 spiro atoms. The summed E-state index contributed by atoms with van der Waals surface area (Å²) in [6.07, 6.45) is 1.86. The molecule has 0 saturated heterocycles. The Hall–Kier alpha value is -5.86. The van der Waals surface area contributed by atoms with Gasteiger partial charge in [-0.3, -0.25) is 0 Å². The lowest BCUT2D eigenvalue weighted by atomic mass is 9.99. The van der Waals surface area contributed by atoms with Crippen molar-refractivity contribution in [3.8, 4) is 67.3 Å². The van der Waals surface area contributed by atoms with Gasteiger partial charge in [0.25, 0.3) is 0 Å². The van der Waals surface area contributed by atoms with Gasteiger partial charge < -0.3 is 0 Å². The molecule has 0 amide bonds. The van der Waals surface area contributed by atoms with Gasteiger partial charge in [-0.25, -0.2) is 9.97 Å². The SMILES string of the molecule is C=Cc1ccc(-c2ccc(-c3nc(-c4ccc(-c5ccc(C)cc5)cc4)cc(-c4ccc(-c5ccc(C)cc5)cc4)n3)cc2)cc1. The third-order valence-electron chi connectivity index (χ3n) is 8.48. The highest BCUT2D eigenvalue weighted by Crippen LogP contribution is 2.32. The summed E-state index contributed by atoms with van der Waals surface area (Å²) in [7, 11) is 0. The highest BCUT2D eigenvalue weighted by atomic mass is 14.9. The quantitative estimate of drug-likeness (QED) is 0.185. The number of rotatable bonds is 7. The van der Waals surface area contributed by atoms with Crippen molar-refractivity contribution in [2.45, 2.75) is 13.8 Å². The first-order valence-corrected chi connectivity index (χ1v) is 15.6. The zero-order valence-electron chi connectivity index (χ0n) is 26.1. The molecule has 6 aromatic carbocycles. The minimum Gasteiger partial charge on any atom is -0.228 e. The second kappa shape index (κ2) is 12.6. The van der Waals surface area contributed by atoms with Crippen LogP contribution in [0, 0.1) is 13.8 Å². The summed E-state index contributed by atoms with van der Waals surface area (Å²) >= 11 is 0. The summed E-state index contributed by atoms with van der Waals surface area (Å²) in [5, 5.41) is 0. The molecule has 46 heavy (non-hydrogen) atoms. The third kappa shape index (κ3) is 6.20. The van der Waals surface area contributed by atoms with E-state index in [1.807, 2.05) is 6.08 Å². The average Bonchev–Trinajstić information content (AvgIpc) is 3.12. The summed E-state index contributed by atoms with van der Waals surface area (Å²) in [4.78, 5) is 10.2. The molecule has 0 aliphatic heterocycles. The monoisotopic (exact) mass is 590 g/mol. The molecule has 0 saturated carbocycles. The number of nitrogens with zero attached hydrogens (tertiary/aromatic N) is 2. The molecule has 2 heteroatoms. The van der Waals surface area contributed by atoms with E-state index in [1.54, 1.807) is 0 Å². The lowest BCUT2D eigenvalue weighted by Crippen LogP contribution is -1.96. The summed E-state index contributed by atoms with van der Waals surface area (Å²) < 4.78 is 0. The number of benzene rings is 6. The summed E-state index contributed by atoms with van der Waals surface area (Å²) in [5.74, 6) is 0.700. The normalized spacial score (nSPS) is 10.9. The molecule has 2 nitrogen and oxygen atoms in total. The van der Waals surface area contributed by atoms with E-state index in [0.29, 0.717) is 5.82 Å². The van der Waals surface area contributed by atoms with Gasteiger partial charge in [-0.15, -0.1) is 0 Å². The second-order valence-electron chi connectivity index (χ2n) is 11.8. The van der Waals surface area contributed by atoms with E-state index >= 15 is 0 Å². The van der Waals surface area contributed by atoms with Crippen LogP contribution in [0.25, 0.3) is 73.4 Å². The van der Waals surface area contributed by atoms with Crippen LogP contribution in [0.5, 0.6) is 0 Å². The number of aryl methyl sites for hydroxylation is 2. The Morgan fingerprint density at radius 2 is 0.652 bits per heavy atom. The van der Waals surface area contributed by atoms with Gasteiger partial charge in [-0.05, 0) is 58.9 Å². The summed E-state index contributed by atoms with van der Waals surface area (Å²) in [5.41, 5.74) is 15.6. The van der Waals surface area contributed by atoms with Crippen LogP contribution in [0.3, 0.4) is 0 Å². The van der Waals surface area contributed by atoms with Crippen molar-refractivity contribution in [1.82, 2.24) is 9.97 Å². The first-order valence-electron chi connectivity index (χ1n) is 15.6. The minimum atomic E-state index is 0.700. The van der Waals surface area contributed by atoms with E-state index in [9.17, 15) is 0 Å². The zero-order valence-corrected chi connectivity index (χ0v) is 26.1. The molecule has 0 fully saturated rings. The fourth-order valence-electron chi connectivity index (χ4n) is 5.65. The molecule has 0 aliphatic carbocycles. The Labute approximate surface area is 271 Å². The topological polar surface area (TPSA) is 25.8 Å². The molecular weight excluding hydrogens is 556 g/mol. The van der Waals surface area contributed by atoms with Crippen LogP contribution in [0.4, 0.5) is 0 Å². The molecule has 7 rings (SSSR count). The Balaban J connectivity index is 1.26. The van der Waals surface area contributed by atoms with Crippen LogP contribution >= 0.6 is 0 Å². The van der Waals surface area contributed by atoms with Crippen LogP contribution in [-0.2, 0) is 0 Å². The van der Waals surface area contributed by atoms with Crippen LogP contribution in [-0.4, -0.2) is 9.97 Å². The van der Waals surface area contributed by atoms with Gasteiger partial charge in [-0.2, -0.15) is 0 Å². The molecule has 0 unspecified atom stereocenters. The Morgan fingerprint density at radius 3 is 1.00 bits per heavy atom. The predicted molar refractivity (Wildman–Crippen MR) is 194 cm³/mol. The highest BCUT2D eigenvalue weighted by molar-refractivity contribution is 5.76. The van der Waals surface area contributed by atoms with Gasteiger partial charge in [-0.1, -0.05) is 169 Å². The lowest BCUT2D eigenvalue weighted by molar-refractivity contribution is 1.18. The van der Waals surface area contributed by atoms with E-state index < -0.39 is 0 Å². The van der Waals surface area contributed by atoms with Crippen molar-refractivity contribution in [2.24, 2.45) is 0 Å². The Kier molecular flexibility index (Phi) is 7.93. The van der Waals surface area contributed by atoms with E-state index in [0.717, 1.165) is 44.8 Å². The van der Waals surface area contributed by atoms with E-state index in [2.05, 4.69) is 172 Å². The smallest absolute Gasteiger partial charge is 0.160 e. The minimum absolute atomic E-state index is 0.700. The lowest BCUT2D eigenvalue weighted by Gasteiger charge is -2.11. The Morgan fingerprint density at radius 1 is 0.370 bits per heavy atom. The fraction of sp³-hybridized carbons (Fsp3) is 0.0455. The number of aromatic nitrogens is 2. The first kappa shape index (κ1) is 28.9. The fourth-order valence-corrected chi connectivity index (χ4v) is 5.65. The maximum absolute atomic E-state index is 5.09. The van der Waals surface area contributed by atoms with E-state index in [4.69, 9.17) is 9.97 Å². The van der Waals surface area contributed by atoms with Crippen LogP contribution < -0.4 is 0 Å². The standard InChI is InChI=1S/C44H34N2/c1-4-32-9-15-35(16-10-32)38-21-27-41(28-22-38)44-45-42(39-23-17-36(18-24-39)33-11-5-30(2)6-12-33)29-43(46-44)40-25-19-37(20-26-40)34-13-7-31(3)8-14-34/h4-29H,1H2,2-3H3. The first-order chi connectivity index (χ1) is 22.5. The predicted octanol–water partition coefficient (Wildman–Crippen LogP) is 11.7. The summed E-state index contributed by atoms with van der Waals surface area (Å²) in [6.45, 7) is 8.09. The van der Waals surface area contributed by atoms with Crippen molar-refractivity contribution in [2.75, 3.05) is 0 Å². The zero-order chi connectivity index (χ0) is 31.5. The highest BCUT2D eigenvalue weighted by Gasteiger charge is 2.12. The van der Waals surface area contributed by atoms with Crippen molar-refractivity contribution < 1.29 is 0 Å². The van der Waals surface area contributed by atoms with Crippen LogP contribution in [0.2, 0.25) is 0 Å². The van der Waals surface area contributed by atoms with Crippen molar-refractivity contribution >= 4 is 6.08 Å². The molecule has 0 N–H and O–H groups in total.